The average Bonchev–Trinajstić information content (AvgIpc) is 2.37. The smallest absolute Gasteiger partial charge is 0.328 e. The topological polar surface area (TPSA) is 95.9 Å². The quantitative estimate of drug-likeness (QED) is 0.513. The minimum Gasteiger partial charge on any atom is -0.507 e. The summed E-state index contributed by atoms with van der Waals surface area (Å²) in [6, 6.07) is 3.32. The van der Waals surface area contributed by atoms with E-state index in [0.29, 0.717) is 0 Å². The van der Waals surface area contributed by atoms with Crippen molar-refractivity contribution in [3.05, 3.63) is 42.0 Å². The van der Waals surface area contributed by atoms with Gasteiger partial charge in [0.1, 0.15) is 5.75 Å². The molecule has 0 saturated carbocycles. The Morgan fingerprint density at radius 2 is 2.20 bits per heavy atom. The average molecular weight is 279 g/mol. The van der Waals surface area contributed by atoms with Gasteiger partial charge in [0, 0.05) is 0 Å². The number of hydrogen-bond donors (Lipinski definition) is 3. The van der Waals surface area contributed by atoms with Crippen molar-refractivity contribution in [3.8, 4) is 5.75 Å². The lowest BCUT2D eigenvalue weighted by Gasteiger charge is -2.15. The summed E-state index contributed by atoms with van der Waals surface area (Å²) in [7, 11) is 0. The first-order chi connectivity index (χ1) is 9.45. The highest BCUT2D eigenvalue weighted by molar-refractivity contribution is 5.98. The molecule has 20 heavy (non-hydrogen) atoms. The highest BCUT2D eigenvalue weighted by Crippen LogP contribution is 2.18. The Morgan fingerprint density at radius 1 is 1.50 bits per heavy atom. The second-order valence-electron chi connectivity index (χ2n) is 4.21. The zero-order valence-corrected chi connectivity index (χ0v) is 11.1. The molecule has 6 heteroatoms. The van der Waals surface area contributed by atoms with Crippen molar-refractivity contribution in [2.24, 2.45) is 0 Å². The molecule has 1 rings (SSSR count). The van der Waals surface area contributed by atoms with Gasteiger partial charge >= 0.3 is 5.97 Å². The van der Waals surface area contributed by atoms with Gasteiger partial charge in [0.25, 0.3) is 5.91 Å². The van der Waals surface area contributed by atoms with Gasteiger partial charge in [0.05, 0.1) is 18.8 Å². The highest BCUT2D eigenvalue weighted by Gasteiger charge is 2.22. The van der Waals surface area contributed by atoms with Crippen molar-refractivity contribution in [2.75, 3.05) is 13.2 Å². The minimum atomic E-state index is -1.21. The largest absolute Gasteiger partial charge is 0.507 e. The lowest BCUT2D eigenvalue weighted by Crippen LogP contribution is -2.44. The van der Waals surface area contributed by atoms with Gasteiger partial charge in [-0.15, -0.1) is 6.58 Å². The van der Waals surface area contributed by atoms with Crippen LogP contribution >= 0.6 is 0 Å². The van der Waals surface area contributed by atoms with Gasteiger partial charge in [-0.25, -0.2) is 4.79 Å². The number of carbonyl (C=O) groups excluding carboxylic acids is 1. The molecule has 0 aliphatic carbocycles. The van der Waals surface area contributed by atoms with E-state index in [1.807, 2.05) is 0 Å². The summed E-state index contributed by atoms with van der Waals surface area (Å²) < 4.78 is 5.02. The van der Waals surface area contributed by atoms with Crippen LogP contribution in [0.25, 0.3) is 0 Å². The molecule has 1 aromatic rings. The van der Waals surface area contributed by atoms with Gasteiger partial charge in [-0.3, -0.25) is 4.79 Å². The first-order valence-corrected chi connectivity index (χ1v) is 5.97. The number of carboxylic acids is 1. The van der Waals surface area contributed by atoms with E-state index < -0.39 is 17.9 Å². The fraction of sp³-hybridized carbons (Fsp3) is 0.286. The first kappa shape index (κ1) is 15.7. The van der Waals surface area contributed by atoms with Crippen LogP contribution in [0, 0.1) is 6.92 Å². The lowest BCUT2D eigenvalue weighted by atomic mass is 10.1. The molecular weight excluding hydrogens is 262 g/mol. The van der Waals surface area contributed by atoms with Crippen molar-refractivity contribution in [1.29, 1.82) is 0 Å². The van der Waals surface area contributed by atoms with Gasteiger partial charge in [-0.2, -0.15) is 0 Å². The van der Waals surface area contributed by atoms with E-state index in [2.05, 4.69) is 11.9 Å². The zero-order chi connectivity index (χ0) is 15.1. The van der Waals surface area contributed by atoms with E-state index in [9.17, 15) is 14.7 Å². The van der Waals surface area contributed by atoms with E-state index in [0.717, 1.165) is 5.56 Å². The lowest BCUT2D eigenvalue weighted by molar-refractivity contribution is -0.140. The second kappa shape index (κ2) is 7.30. The second-order valence-corrected chi connectivity index (χ2v) is 4.21. The molecule has 1 unspecified atom stereocenters. The predicted molar refractivity (Wildman–Crippen MR) is 72.7 cm³/mol. The van der Waals surface area contributed by atoms with Crippen LogP contribution in [0.5, 0.6) is 5.75 Å². The van der Waals surface area contributed by atoms with Crippen LogP contribution in [0.1, 0.15) is 15.9 Å². The van der Waals surface area contributed by atoms with Gasteiger partial charge in [-0.1, -0.05) is 12.1 Å². The van der Waals surface area contributed by atoms with Gasteiger partial charge in [-0.05, 0) is 24.6 Å². The van der Waals surface area contributed by atoms with Crippen molar-refractivity contribution in [1.82, 2.24) is 5.32 Å². The maximum Gasteiger partial charge on any atom is 0.328 e. The standard InChI is InChI=1S/C14H17NO5/c1-3-6-20-8-11(14(18)19)15-13(17)10-5-4-9(2)7-12(10)16/h3-5,7,11,16H,1,6,8H2,2H3,(H,15,17)(H,18,19). The number of ether oxygens (including phenoxy) is 1. The molecule has 0 radical (unpaired) electrons. The third-order valence-electron chi connectivity index (χ3n) is 2.52. The number of nitrogens with one attached hydrogen (secondary N) is 1. The molecular formula is C14H17NO5. The van der Waals surface area contributed by atoms with Crippen molar-refractivity contribution in [3.63, 3.8) is 0 Å². The van der Waals surface area contributed by atoms with Gasteiger partial charge < -0.3 is 20.3 Å². The van der Waals surface area contributed by atoms with Crippen molar-refractivity contribution in [2.45, 2.75) is 13.0 Å². The number of rotatable bonds is 7. The van der Waals surface area contributed by atoms with Gasteiger partial charge in [0.2, 0.25) is 0 Å². The SMILES string of the molecule is C=CCOCC(NC(=O)c1ccc(C)cc1O)C(=O)O. The molecule has 0 saturated heterocycles. The van der Waals surface area contributed by atoms with Crippen molar-refractivity contribution >= 4 is 11.9 Å². The maximum atomic E-state index is 11.9. The fourth-order valence-electron chi connectivity index (χ4n) is 1.51. The molecule has 1 amide bonds. The number of phenols is 1. The molecule has 0 aromatic heterocycles. The number of carbonyl (C=O) groups is 2. The Labute approximate surface area is 116 Å². The molecule has 6 nitrogen and oxygen atoms in total. The molecule has 1 atom stereocenters. The monoisotopic (exact) mass is 279 g/mol. The van der Waals surface area contributed by atoms with E-state index >= 15 is 0 Å². The predicted octanol–water partition coefficient (Wildman–Crippen LogP) is 1.09. The normalized spacial score (nSPS) is 11.7. The van der Waals surface area contributed by atoms with E-state index in [1.165, 1.54) is 18.2 Å². The summed E-state index contributed by atoms with van der Waals surface area (Å²) in [5.74, 6) is -2.08. The molecule has 0 heterocycles. The van der Waals surface area contributed by atoms with Crippen molar-refractivity contribution < 1.29 is 24.5 Å². The Morgan fingerprint density at radius 3 is 2.75 bits per heavy atom. The Bertz CT molecular complexity index is 512. The number of aryl methyl sites for hydroxylation is 1. The van der Waals surface area contributed by atoms with E-state index in [-0.39, 0.29) is 24.5 Å². The summed E-state index contributed by atoms with van der Waals surface area (Å²) in [6.07, 6.45) is 1.48. The first-order valence-electron chi connectivity index (χ1n) is 5.97. The third-order valence-corrected chi connectivity index (χ3v) is 2.52. The molecule has 0 bridgehead atoms. The Hall–Kier alpha value is -2.34. The number of hydrogen-bond acceptors (Lipinski definition) is 4. The molecule has 1 aromatic carbocycles. The summed E-state index contributed by atoms with van der Waals surface area (Å²) in [5.41, 5.74) is 0.814. The Kier molecular flexibility index (Phi) is 5.74. The number of benzene rings is 1. The van der Waals surface area contributed by atoms with Crippen LogP contribution in [0.4, 0.5) is 0 Å². The zero-order valence-electron chi connectivity index (χ0n) is 11.1. The van der Waals surface area contributed by atoms with Gasteiger partial charge in [0.15, 0.2) is 6.04 Å². The third kappa shape index (κ3) is 4.40. The molecule has 0 aliphatic heterocycles. The molecule has 3 N–H and O–H groups in total. The summed E-state index contributed by atoms with van der Waals surface area (Å²) in [6.45, 7) is 5.22. The van der Waals surface area contributed by atoms with Crippen LogP contribution in [-0.2, 0) is 9.53 Å². The van der Waals surface area contributed by atoms with E-state index in [4.69, 9.17) is 9.84 Å². The van der Waals surface area contributed by atoms with Crippen LogP contribution in [0.15, 0.2) is 30.9 Å². The molecule has 0 spiro atoms. The van der Waals surface area contributed by atoms with E-state index in [1.54, 1.807) is 13.0 Å². The number of phenolic OH excluding ortho intramolecular Hbond substituents is 1. The Balaban J connectivity index is 2.74. The molecule has 0 aliphatic rings. The number of aromatic hydroxyl groups is 1. The highest BCUT2D eigenvalue weighted by atomic mass is 16.5. The minimum absolute atomic E-state index is 0.0190. The summed E-state index contributed by atoms with van der Waals surface area (Å²) in [4.78, 5) is 22.9. The number of aliphatic carboxylic acids is 1. The summed E-state index contributed by atoms with van der Waals surface area (Å²) >= 11 is 0. The maximum absolute atomic E-state index is 11.9. The van der Waals surface area contributed by atoms with Crippen LogP contribution in [0.2, 0.25) is 0 Å². The number of amides is 1. The molecule has 0 fully saturated rings. The molecule has 108 valence electrons. The fourth-order valence-corrected chi connectivity index (χ4v) is 1.51. The van der Waals surface area contributed by atoms with Crippen LogP contribution in [0.3, 0.4) is 0 Å². The van der Waals surface area contributed by atoms with Crippen LogP contribution in [-0.4, -0.2) is 41.3 Å². The van der Waals surface area contributed by atoms with Crippen LogP contribution < -0.4 is 5.32 Å². The number of carboxylic acid groups (broad SMARTS) is 1. The summed E-state index contributed by atoms with van der Waals surface area (Å²) in [5, 5.41) is 21.0.